The van der Waals surface area contributed by atoms with Gasteiger partial charge in [0, 0.05) is 29.4 Å². The van der Waals surface area contributed by atoms with Gasteiger partial charge in [0.25, 0.3) is 5.89 Å². The highest BCUT2D eigenvalue weighted by Crippen LogP contribution is 2.35. The molecule has 2 amide bonds. The average molecular weight is 491 g/mol. The Morgan fingerprint density at radius 1 is 1.24 bits per heavy atom. The van der Waals surface area contributed by atoms with Crippen molar-refractivity contribution in [2.75, 3.05) is 17.2 Å². The summed E-state index contributed by atoms with van der Waals surface area (Å²) >= 11 is 0. The Labute approximate surface area is 193 Å². The standard InChI is InChI=1S/C22H20F3N5O3S/c23-18-8-13(20-27-28-21(33-20)19(24)25)6-7-14(18)10-29(15-4-2-1-3-5-15)22(31)30-11-17-9-16(30)12-34(17,26)32/h1-8,16-17,19,26H,9-12H2/t16-,17-,34?/m0/s1. The first-order chi connectivity index (χ1) is 16.2. The molecule has 8 nitrogen and oxygen atoms in total. The Bertz CT molecular complexity index is 1330. The van der Waals surface area contributed by atoms with E-state index in [1.165, 1.54) is 17.0 Å². The van der Waals surface area contributed by atoms with Gasteiger partial charge in [-0.1, -0.05) is 24.3 Å². The zero-order valence-electron chi connectivity index (χ0n) is 17.7. The summed E-state index contributed by atoms with van der Waals surface area (Å²) < 4.78 is 65.6. The second-order valence-corrected chi connectivity index (χ2v) is 10.8. The van der Waals surface area contributed by atoms with Crippen LogP contribution in [0, 0.1) is 10.6 Å². The number of nitrogens with zero attached hydrogens (tertiary/aromatic N) is 4. The predicted octanol–water partition coefficient (Wildman–Crippen LogP) is 4.44. The average Bonchev–Trinajstić information content (AvgIpc) is 3.52. The molecule has 3 atom stereocenters. The van der Waals surface area contributed by atoms with Crippen molar-refractivity contribution in [3.8, 4) is 11.5 Å². The molecule has 34 heavy (non-hydrogen) atoms. The van der Waals surface area contributed by atoms with Crippen LogP contribution in [0.15, 0.2) is 52.9 Å². The van der Waals surface area contributed by atoms with Crippen LogP contribution in [-0.4, -0.2) is 48.9 Å². The number of hydrogen-bond donors (Lipinski definition) is 1. The zero-order valence-corrected chi connectivity index (χ0v) is 18.6. The summed E-state index contributed by atoms with van der Waals surface area (Å²) in [6.45, 7) is 0.144. The Kier molecular flexibility index (Phi) is 5.54. The maximum absolute atomic E-state index is 15.0. The number of carbonyl (C=O) groups is 1. The Morgan fingerprint density at radius 2 is 2.00 bits per heavy atom. The van der Waals surface area contributed by atoms with Gasteiger partial charge < -0.3 is 9.32 Å². The van der Waals surface area contributed by atoms with Crippen molar-refractivity contribution >= 4 is 21.4 Å². The molecule has 0 radical (unpaired) electrons. The van der Waals surface area contributed by atoms with Gasteiger partial charge in [-0.2, -0.15) is 8.78 Å². The van der Waals surface area contributed by atoms with Crippen molar-refractivity contribution in [2.24, 2.45) is 0 Å². The van der Waals surface area contributed by atoms with Gasteiger partial charge in [-0.15, -0.1) is 10.2 Å². The molecule has 0 aliphatic carbocycles. The number of amides is 2. The molecule has 3 aromatic rings. The number of aromatic nitrogens is 2. The van der Waals surface area contributed by atoms with Crippen LogP contribution in [0.25, 0.3) is 11.5 Å². The monoisotopic (exact) mass is 491 g/mol. The molecule has 5 rings (SSSR count). The lowest BCUT2D eigenvalue weighted by Crippen LogP contribution is -2.50. The zero-order chi connectivity index (χ0) is 24.0. The molecule has 1 aromatic heterocycles. The van der Waals surface area contributed by atoms with Crippen LogP contribution < -0.4 is 4.90 Å². The number of rotatable bonds is 5. The summed E-state index contributed by atoms with van der Waals surface area (Å²) in [7, 11) is -2.68. The predicted molar refractivity (Wildman–Crippen MR) is 117 cm³/mol. The van der Waals surface area contributed by atoms with Crippen molar-refractivity contribution in [2.45, 2.75) is 30.7 Å². The smallest absolute Gasteiger partial charge is 0.325 e. The first-order valence-corrected chi connectivity index (χ1v) is 12.3. The minimum Gasteiger partial charge on any atom is -0.415 e. The number of nitrogens with one attached hydrogen (secondary N) is 1. The second-order valence-electron chi connectivity index (χ2n) is 8.31. The van der Waals surface area contributed by atoms with Gasteiger partial charge >= 0.3 is 12.5 Å². The molecule has 12 heteroatoms. The molecule has 0 saturated carbocycles. The highest BCUT2D eigenvalue weighted by molar-refractivity contribution is 7.93. The number of fused-ring (bicyclic) bond motifs is 2. The number of alkyl halides is 2. The van der Waals surface area contributed by atoms with E-state index < -0.39 is 27.9 Å². The van der Waals surface area contributed by atoms with Crippen LogP contribution in [0.5, 0.6) is 0 Å². The highest BCUT2D eigenvalue weighted by atomic mass is 32.2. The minimum atomic E-state index is -2.93. The van der Waals surface area contributed by atoms with E-state index in [0.717, 1.165) is 6.07 Å². The van der Waals surface area contributed by atoms with E-state index in [0.29, 0.717) is 12.1 Å². The summed E-state index contributed by atoms with van der Waals surface area (Å²) in [6.07, 6.45) is -2.40. The number of likely N-dealkylation sites (tertiary alicyclic amines) is 1. The molecule has 1 unspecified atom stereocenters. The second kappa shape index (κ2) is 8.42. The van der Waals surface area contributed by atoms with E-state index in [1.54, 1.807) is 35.2 Å². The summed E-state index contributed by atoms with van der Waals surface area (Å²) in [6, 6.07) is 12.2. The first kappa shape index (κ1) is 22.4. The van der Waals surface area contributed by atoms with E-state index in [4.69, 9.17) is 9.20 Å². The molecule has 2 saturated heterocycles. The largest absolute Gasteiger partial charge is 0.415 e. The first-order valence-electron chi connectivity index (χ1n) is 10.5. The van der Waals surface area contributed by atoms with Gasteiger partial charge in [-0.3, -0.25) is 9.68 Å². The molecular formula is C22H20F3N5O3S. The van der Waals surface area contributed by atoms with Crippen molar-refractivity contribution in [1.29, 1.82) is 4.78 Å². The van der Waals surface area contributed by atoms with Crippen LogP contribution in [0.2, 0.25) is 0 Å². The number of carbonyl (C=O) groups excluding carboxylic acids is 1. The molecular weight excluding hydrogens is 471 g/mol. The topological polar surface area (TPSA) is 103 Å². The van der Waals surface area contributed by atoms with Crippen LogP contribution >= 0.6 is 0 Å². The van der Waals surface area contributed by atoms with Gasteiger partial charge in [0.15, 0.2) is 0 Å². The Balaban J connectivity index is 1.41. The third kappa shape index (κ3) is 4.02. The van der Waals surface area contributed by atoms with E-state index in [2.05, 4.69) is 10.2 Å². The molecule has 2 aliphatic heterocycles. The lowest BCUT2D eigenvalue weighted by Gasteiger charge is -2.34. The van der Waals surface area contributed by atoms with Gasteiger partial charge in [-0.05, 0) is 30.7 Å². The molecule has 2 aromatic carbocycles. The molecule has 2 aliphatic rings. The summed E-state index contributed by atoms with van der Waals surface area (Å²) in [5.74, 6) is -1.60. The number of anilines is 1. The number of benzene rings is 2. The van der Waals surface area contributed by atoms with Gasteiger partial charge in [0.1, 0.15) is 5.82 Å². The lowest BCUT2D eigenvalue weighted by atomic mass is 10.1. The fourth-order valence-corrected chi connectivity index (χ4v) is 6.51. The van der Waals surface area contributed by atoms with Crippen LogP contribution in [0.1, 0.15) is 24.3 Å². The van der Waals surface area contributed by atoms with E-state index >= 15 is 4.39 Å². The fraction of sp³-hybridized carbons (Fsp3) is 0.318. The molecule has 2 bridgehead atoms. The Morgan fingerprint density at radius 3 is 2.59 bits per heavy atom. The van der Waals surface area contributed by atoms with Crippen LogP contribution in [0.4, 0.5) is 23.7 Å². The molecule has 1 N–H and O–H groups in total. The van der Waals surface area contributed by atoms with Crippen LogP contribution in [-0.2, 0) is 16.3 Å². The highest BCUT2D eigenvalue weighted by Gasteiger charge is 2.49. The number of para-hydroxylation sites is 1. The summed E-state index contributed by atoms with van der Waals surface area (Å²) in [5.41, 5.74) is 0.896. The quantitative estimate of drug-likeness (QED) is 0.568. The lowest BCUT2D eigenvalue weighted by molar-refractivity contribution is 0.116. The van der Waals surface area contributed by atoms with Crippen molar-refractivity contribution < 1.29 is 26.6 Å². The van der Waals surface area contributed by atoms with Crippen molar-refractivity contribution in [3.63, 3.8) is 0 Å². The molecule has 0 spiro atoms. The van der Waals surface area contributed by atoms with Crippen molar-refractivity contribution in [1.82, 2.24) is 15.1 Å². The third-order valence-corrected chi connectivity index (χ3v) is 8.45. The van der Waals surface area contributed by atoms with Gasteiger partial charge in [-0.25, -0.2) is 13.4 Å². The normalized spacial score (nSPS) is 23.6. The van der Waals surface area contributed by atoms with Crippen molar-refractivity contribution in [3.05, 3.63) is 65.8 Å². The number of urea groups is 1. The SMILES string of the molecule is N=S1(=O)C[C@@H]2C[C@H]1CN2C(=O)N(Cc1ccc(-c2nnc(C(F)F)o2)cc1F)c1ccccc1. The molecule has 3 heterocycles. The number of hydrogen-bond acceptors (Lipinski definition) is 6. The van der Waals surface area contributed by atoms with Crippen LogP contribution in [0.3, 0.4) is 0 Å². The maximum atomic E-state index is 15.0. The number of halogens is 3. The summed E-state index contributed by atoms with van der Waals surface area (Å²) in [5, 5.41) is 6.43. The molecule has 2 fully saturated rings. The summed E-state index contributed by atoms with van der Waals surface area (Å²) in [4.78, 5) is 16.5. The van der Waals surface area contributed by atoms with E-state index in [9.17, 15) is 17.8 Å². The third-order valence-electron chi connectivity index (χ3n) is 6.15. The fourth-order valence-electron chi connectivity index (χ4n) is 4.41. The van der Waals surface area contributed by atoms with Gasteiger partial charge in [0.2, 0.25) is 5.89 Å². The van der Waals surface area contributed by atoms with E-state index in [1.807, 2.05) is 0 Å². The minimum absolute atomic E-state index is 0.0920. The van der Waals surface area contributed by atoms with E-state index in [-0.39, 0.29) is 53.2 Å². The maximum Gasteiger partial charge on any atom is 0.325 e. The Hall–Kier alpha value is -3.41. The van der Waals surface area contributed by atoms with Gasteiger partial charge in [0.05, 0.1) is 27.3 Å². The molecule has 178 valence electrons.